The van der Waals surface area contributed by atoms with Gasteiger partial charge in [-0.2, -0.15) is 0 Å². The van der Waals surface area contributed by atoms with Crippen molar-refractivity contribution in [2.24, 2.45) is 0 Å². The van der Waals surface area contributed by atoms with Crippen LogP contribution in [0.2, 0.25) is 0 Å². The summed E-state index contributed by atoms with van der Waals surface area (Å²) in [6.07, 6.45) is 0. The number of nitrogens with zero attached hydrogens (tertiary/aromatic N) is 2. The third kappa shape index (κ3) is 4.66. The molecule has 0 aliphatic heterocycles. The number of hydrogen-bond donors (Lipinski definition) is 2. The molecule has 1 heterocycles. The van der Waals surface area contributed by atoms with Crippen molar-refractivity contribution >= 4 is 95.9 Å². The third-order valence-corrected chi connectivity index (χ3v) is 2.08. The first-order chi connectivity index (χ1) is 3.30. The van der Waals surface area contributed by atoms with E-state index in [9.17, 15) is 0 Å². The van der Waals surface area contributed by atoms with Gasteiger partial charge in [-0.3, -0.25) is 0 Å². The molecule has 42 valence electrons. The molecule has 9 heavy (non-hydrogen) atoms. The van der Waals surface area contributed by atoms with Gasteiger partial charge in [0.15, 0.2) is 0 Å². The second kappa shape index (κ2) is 6.94. The summed E-state index contributed by atoms with van der Waals surface area (Å²) in [6, 6.07) is 0. The van der Waals surface area contributed by atoms with Gasteiger partial charge in [0.2, 0.25) is 0 Å². The molecular formula is C2H4N2Na2S3. The topological polar surface area (TPSA) is 25.8 Å². The molecule has 7 heteroatoms. The first-order valence-electron chi connectivity index (χ1n) is 1.51. The summed E-state index contributed by atoms with van der Waals surface area (Å²) in [4.78, 5) is 0. The van der Waals surface area contributed by atoms with Crippen LogP contribution in [0.5, 0.6) is 0 Å². The van der Waals surface area contributed by atoms with Gasteiger partial charge >= 0.3 is 59.1 Å². The van der Waals surface area contributed by atoms with Crippen LogP contribution in [0.15, 0.2) is 9.24 Å². The quantitative estimate of drug-likeness (QED) is 0.447. The van der Waals surface area contributed by atoms with Crippen molar-refractivity contribution in [3.63, 3.8) is 0 Å². The SMILES string of the molecule is Sc1nnsc1S.[NaH].[NaH]. The van der Waals surface area contributed by atoms with Crippen LogP contribution < -0.4 is 0 Å². The van der Waals surface area contributed by atoms with Gasteiger partial charge in [0, 0.05) is 0 Å². The van der Waals surface area contributed by atoms with Crippen LogP contribution in [-0.4, -0.2) is 68.7 Å². The third-order valence-electron chi connectivity index (χ3n) is 0.454. The van der Waals surface area contributed by atoms with E-state index in [1.807, 2.05) is 0 Å². The molecule has 0 spiro atoms. The Labute approximate surface area is 113 Å². The molecule has 0 aromatic carbocycles. The van der Waals surface area contributed by atoms with Gasteiger partial charge in [-0.05, 0) is 11.5 Å². The summed E-state index contributed by atoms with van der Waals surface area (Å²) in [5.41, 5.74) is 0. The van der Waals surface area contributed by atoms with Gasteiger partial charge in [-0.15, -0.1) is 30.4 Å². The molecule has 0 radical (unpaired) electrons. The molecule has 0 bridgehead atoms. The van der Waals surface area contributed by atoms with Crippen molar-refractivity contribution in [3.8, 4) is 0 Å². The van der Waals surface area contributed by atoms with E-state index >= 15 is 0 Å². The monoisotopic (exact) mass is 198 g/mol. The Hall–Kier alpha value is 2.26. The van der Waals surface area contributed by atoms with E-state index in [-0.39, 0.29) is 59.1 Å². The molecular weight excluding hydrogens is 194 g/mol. The van der Waals surface area contributed by atoms with Crippen molar-refractivity contribution in [3.05, 3.63) is 0 Å². The van der Waals surface area contributed by atoms with Crippen LogP contribution >= 0.6 is 36.8 Å². The van der Waals surface area contributed by atoms with E-state index in [1.54, 1.807) is 0 Å². The summed E-state index contributed by atoms with van der Waals surface area (Å²) in [6.45, 7) is 0. The fourth-order valence-electron chi connectivity index (χ4n) is 0.181. The summed E-state index contributed by atoms with van der Waals surface area (Å²) < 4.78 is 4.33. The van der Waals surface area contributed by atoms with Crippen molar-refractivity contribution in [1.29, 1.82) is 0 Å². The zero-order chi connectivity index (χ0) is 5.28. The van der Waals surface area contributed by atoms with Crippen LogP contribution in [0.25, 0.3) is 0 Å². The summed E-state index contributed by atoms with van der Waals surface area (Å²) >= 11 is 9.11. The Morgan fingerprint density at radius 1 is 1.22 bits per heavy atom. The number of thiol groups is 2. The summed E-state index contributed by atoms with van der Waals surface area (Å²) in [7, 11) is 0. The van der Waals surface area contributed by atoms with E-state index < -0.39 is 0 Å². The van der Waals surface area contributed by atoms with E-state index in [1.165, 1.54) is 11.5 Å². The average molecular weight is 198 g/mol. The fourth-order valence-corrected chi connectivity index (χ4v) is 0.886. The first-order valence-corrected chi connectivity index (χ1v) is 3.18. The molecule has 0 fully saturated rings. The van der Waals surface area contributed by atoms with Gasteiger partial charge in [0.25, 0.3) is 0 Å². The van der Waals surface area contributed by atoms with Gasteiger partial charge in [0.1, 0.15) is 9.24 Å². The molecule has 0 amide bonds. The standard InChI is InChI=1S/C2H2N2S3.2Na.2H/c5-1-2(6)7-4-3-1;;;;/h5-6H;;;;. The minimum atomic E-state index is 0. The number of rotatable bonds is 0. The van der Waals surface area contributed by atoms with Gasteiger partial charge < -0.3 is 0 Å². The molecule has 0 saturated heterocycles. The van der Waals surface area contributed by atoms with Crippen LogP contribution in [0.3, 0.4) is 0 Å². The normalized spacial score (nSPS) is 7.33. The Morgan fingerprint density at radius 3 is 1.89 bits per heavy atom. The van der Waals surface area contributed by atoms with Crippen molar-refractivity contribution in [2.45, 2.75) is 9.24 Å². The molecule has 1 aromatic rings. The Bertz CT molecular complexity index is 150. The molecule has 1 rings (SSSR count). The molecule has 0 N–H and O–H groups in total. The molecule has 2 nitrogen and oxygen atoms in total. The molecule has 0 atom stereocenters. The van der Waals surface area contributed by atoms with Crippen LogP contribution in [0, 0.1) is 0 Å². The van der Waals surface area contributed by atoms with Gasteiger partial charge in [-0.1, -0.05) is 4.49 Å². The second-order valence-corrected chi connectivity index (χ2v) is 2.83. The minimum absolute atomic E-state index is 0. The van der Waals surface area contributed by atoms with E-state index in [4.69, 9.17) is 0 Å². The molecule has 0 aliphatic carbocycles. The van der Waals surface area contributed by atoms with Gasteiger partial charge in [-0.25, -0.2) is 0 Å². The zero-order valence-corrected chi connectivity index (χ0v) is 5.80. The molecule has 1 aromatic heterocycles. The van der Waals surface area contributed by atoms with E-state index in [2.05, 4.69) is 34.8 Å². The Kier molecular flexibility index (Phi) is 10.7. The molecule has 0 saturated carbocycles. The Morgan fingerprint density at radius 2 is 1.78 bits per heavy atom. The van der Waals surface area contributed by atoms with Crippen LogP contribution in [-0.2, 0) is 0 Å². The second-order valence-electron chi connectivity index (χ2n) is 0.902. The zero-order valence-electron chi connectivity index (χ0n) is 3.20. The van der Waals surface area contributed by atoms with Crippen LogP contribution in [0.1, 0.15) is 0 Å². The predicted molar refractivity (Wildman–Crippen MR) is 48.7 cm³/mol. The van der Waals surface area contributed by atoms with Crippen molar-refractivity contribution in [2.75, 3.05) is 0 Å². The summed E-state index contributed by atoms with van der Waals surface area (Å²) in [5, 5.41) is 4.18. The van der Waals surface area contributed by atoms with E-state index in [0.717, 1.165) is 4.21 Å². The van der Waals surface area contributed by atoms with Gasteiger partial charge in [0.05, 0.1) is 0 Å². The van der Waals surface area contributed by atoms with E-state index in [0.29, 0.717) is 5.03 Å². The predicted octanol–water partition coefficient (Wildman–Crippen LogP) is -0.182. The Balaban J connectivity index is 0. The first kappa shape index (κ1) is 13.8. The number of hydrogen-bond acceptors (Lipinski definition) is 5. The summed E-state index contributed by atoms with van der Waals surface area (Å²) in [5.74, 6) is 0. The average Bonchev–Trinajstić information content (AvgIpc) is 1.91. The maximum atomic E-state index is 3.97. The van der Waals surface area contributed by atoms with Crippen LogP contribution in [0.4, 0.5) is 0 Å². The fraction of sp³-hybridized carbons (Fsp3) is 0. The van der Waals surface area contributed by atoms with Crippen molar-refractivity contribution < 1.29 is 0 Å². The number of aromatic nitrogens is 2. The van der Waals surface area contributed by atoms with Crippen molar-refractivity contribution in [1.82, 2.24) is 9.59 Å². The molecule has 0 aliphatic rings. The maximum absolute atomic E-state index is 3.97. The molecule has 0 unspecified atom stereocenters.